The highest BCUT2D eigenvalue weighted by atomic mass is 16.5. The highest BCUT2D eigenvalue weighted by molar-refractivity contribution is 5.75. The minimum absolute atomic E-state index is 0.00711. The molecule has 112 valence electrons. The van der Waals surface area contributed by atoms with Crippen LogP contribution in [0.3, 0.4) is 0 Å². The van der Waals surface area contributed by atoms with Gasteiger partial charge in [-0.1, -0.05) is 6.07 Å². The van der Waals surface area contributed by atoms with Gasteiger partial charge in [-0.3, -0.25) is 4.79 Å². The van der Waals surface area contributed by atoms with E-state index in [2.05, 4.69) is 18.3 Å². The van der Waals surface area contributed by atoms with Crippen LogP contribution < -0.4 is 15.8 Å². The van der Waals surface area contributed by atoms with Gasteiger partial charge >= 0.3 is 0 Å². The molecule has 1 aromatic carbocycles. The third-order valence-corrected chi connectivity index (χ3v) is 3.27. The van der Waals surface area contributed by atoms with Gasteiger partial charge in [-0.25, -0.2) is 0 Å². The van der Waals surface area contributed by atoms with Crippen LogP contribution in [0.2, 0.25) is 0 Å². The van der Waals surface area contributed by atoms with Crippen molar-refractivity contribution in [1.82, 2.24) is 5.32 Å². The molecule has 0 aliphatic carbocycles. The van der Waals surface area contributed by atoms with Crippen LogP contribution in [0.1, 0.15) is 36.5 Å². The maximum absolute atomic E-state index is 11.6. The zero-order valence-corrected chi connectivity index (χ0v) is 13.0. The molecule has 0 fully saturated rings. The van der Waals surface area contributed by atoms with E-state index < -0.39 is 0 Å². The Bertz CT molecular complexity index is 456. The van der Waals surface area contributed by atoms with E-state index in [1.54, 1.807) is 0 Å². The fraction of sp³-hybridized carbons (Fsp3) is 0.562. The van der Waals surface area contributed by atoms with Crippen LogP contribution in [-0.2, 0) is 4.79 Å². The first-order valence-corrected chi connectivity index (χ1v) is 7.13. The standard InChI is InChI=1S/C16H26N2O2/c1-11-9-12(2)14(4)15(10-11)20-8-6-16(19)18-7-5-13(3)17/h9-10,13H,5-8,17H2,1-4H3,(H,18,19). The number of carbonyl (C=O) groups excluding carboxylic acids is 1. The van der Waals surface area contributed by atoms with Gasteiger partial charge in [0.05, 0.1) is 13.0 Å². The molecule has 0 aliphatic rings. The summed E-state index contributed by atoms with van der Waals surface area (Å²) in [5.74, 6) is 0.874. The Labute approximate surface area is 121 Å². The predicted octanol–water partition coefficient (Wildman–Crippen LogP) is 2.23. The Kier molecular flexibility index (Phi) is 6.52. The number of ether oxygens (including phenoxy) is 1. The van der Waals surface area contributed by atoms with Crippen LogP contribution in [0.15, 0.2) is 12.1 Å². The van der Waals surface area contributed by atoms with Gasteiger partial charge in [0, 0.05) is 12.6 Å². The zero-order valence-electron chi connectivity index (χ0n) is 13.0. The van der Waals surface area contributed by atoms with Gasteiger partial charge < -0.3 is 15.8 Å². The molecule has 0 saturated carbocycles. The second kappa shape index (κ2) is 7.90. The van der Waals surface area contributed by atoms with E-state index >= 15 is 0 Å². The molecule has 0 bridgehead atoms. The molecule has 0 radical (unpaired) electrons. The quantitative estimate of drug-likeness (QED) is 0.804. The number of nitrogens with two attached hydrogens (primary N) is 1. The maximum atomic E-state index is 11.6. The molecule has 3 N–H and O–H groups in total. The molecule has 0 saturated heterocycles. The number of aryl methyl sites for hydroxylation is 2. The number of amides is 1. The van der Waals surface area contributed by atoms with Gasteiger partial charge in [0.15, 0.2) is 0 Å². The SMILES string of the molecule is Cc1cc(C)c(C)c(OCCC(=O)NCCC(C)N)c1. The van der Waals surface area contributed by atoms with Crippen molar-refractivity contribution >= 4 is 5.91 Å². The molecule has 1 aromatic rings. The van der Waals surface area contributed by atoms with Crippen LogP contribution in [0, 0.1) is 20.8 Å². The minimum atomic E-state index is 0.00711. The number of hydrogen-bond donors (Lipinski definition) is 2. The average Bonchev–Trinajstić information content (AvgIpc) is 2.34. The van der Waals surface area contributed by atoms with Crippen molar-refractivity contribution in [1.29, 1.82) is 0 Å². The number of hydrogen-bond acceptors (Lipinski definition) is 3. The van der Waals surface area contributed by atoms with Crippen molar-refractivity contribution in [2.45, 2.75) is 46.6 Å². The van der Waals surface area contributed by atoms with Crippen LogP contribution in [0.5, 0.6) is 5.75 Å². The average molecular weight is 278 g/mol. The Balaban J connectivity index is 2.36. The summed E-state index contributed by atoms with van der Waals surface area (Å²) in [4.78, 5) is 11.6. The van der Waals surface area contributed by atoms with Crippen molar-refractivity contribution in [3.63, 3.8) is 0 Å². The van der Waals surface area contributed by atoms with Crippen LogP contribution in [-0.4, -0.2) is 25.1 Å². The van der Waals surface area contributed by atoms with Crippen molar-refractivity contribution in [2.75, 3.05) is 13.2 Å². The Morgan fingerprint density at radius 3 is 2.70 bits per heavy atom. The summed E-state index contributed by atoms with van der Waals surface area (Å²) in [6.07, 6.45) is 1.16. The molecule has 0 aromatic heterocycles. The van der Waals surface area contributed by atoms with Crippen molar-refractivity contribution < 1.29 is 9.53 Å². The number of rotatable bonds is 7. The maximum Gasteiger partial charge on any atom is 0.223 e. The Morgan fingerprint density at radius 2 is 2.05 bits per heavy atom. The number of carbonyl (C=O) groups is 1. The summed E-state index contributed by atoms with van der Waals surface area (Å²) in [7, 11) is 0. The minimum Gasteiger partial charge on any atom is -0.493 e. The summed E-state index contributed by atoms with van der Waals surface area (Å²) in [5, 5.41) is 2.84. The van der Waals surface area contributed by atoms with Crippen molar-refractivity contribution in [2.24, 2.45) is 5.73 Å². The third kappa shape index (κ3) is 5.61. The molecule has 1 amide bonds. The fourth-order valence-electron chi connectivity index (χ4n) is 1.93. The second-order valence-corrected chi connectivity index (χ2v) is 5.42. The largest absolute Gasteiger partial charge is 0.493 e. The van der Waals surface area contributed by atoms with E-state index in [1.165, 1.54) is 11.1 Å². The van der Waals surface area contributed by atoms with Gasteiger partial charge in [-0.15, -0.1) is 0 Å². The fourth-order valence-corrected chi connectivity index (χ4v) is 1.93. The summed E-state index contributed by atoms with van der Waals surface area (Å²) in [6, 6.07) is 4.25. The van der Waals surface area contributed by atoms with E-state index in [0.29, 0.717) is 19.6 Å². The molecule has 0 aliphatic heterocycles. The topological polar surface area (TPSA) is 64.3 Å². The first-order chi connectivity index (χ1) is 9.40. The zero-order chi connectivity index (χ0) is 15.1. The molecule has 1 unspecified atom stereocenters. The Hall–Kier alpha value is -1.55. The summed E-state index contributed by atoms with van der Waals surface area (Å²) in [5.41, 5.74) is 9.14. The lowest BCUT2D eigenvalue weighted by molar-refractivity contribution is -0.121. The summed E-state index contributed by atoms with van der Waals surface area (Å²) >= 11 is 0. The molecule has 4 nitrogen and oxygen atoms in total. The van der Waals surface area contributed by atoms with E-state index in [-0.39, 0.29) is 11.9 Å². The van der Waals surface area contributed by atoms with Gasteiger partial charge in [-0.2, -0.15) is 0 Å². The highest BCUT2D eigenvalue weighted by Crippen LogP contribution is 2.23. The lowest BCUT2D eigenvalue weighted by Crippen LogP contribution is -2.29. The molecule has 1 rings (SSSR count). The smallest absolute Gasteiger partial charge is 0.223 e. The van der Waals surface area contributed by atoms with Crippen molar-refractivity contribution in [3.8, 4) is 5.75 Å². The first-order valence-electron chi connectivity index (χ1n) is 7.13. The molecular weight excluding hydrogens is 252 g/mol. The lowest BCUT2D eigenvalue weighted by Gasteiger charge is -2.12. The van der Waals surface area contributed by atoms with Gasteiger partial charge in [0.25, 0.3) is 0 Å². The molecule has 4 heteroatoms. The molecule has 1 atom stereocenters. The molecule has 0 heterocycles. The molecular formula is C16H26N2O2. The first kappa shape index (κ1) is 16.5. The van der Waals surface area contributed by atoms with Crippen LogP contribution in [0.25, 0.3) is 0 Å². The second-order valence-electron chi connectivity index (χ2n) is 5.42. The van der Waals surface area contributed by atoms with Crippen LogP contribution in [0.4, 0.5) is 0 Å². The van der Waals surface area contributed by atoms with Gasteiger partial charge in [-0.05, 0) is 56.9 Å². The highest BCUT2D eigenvalue weighted by Gasteiger charge is 2.06. The summed E-state index contributed by atoms with van der Waals surface area (Å²) < 4.78 is 5.71. The normalized spacial score (nSPS) is 12.1. The third-order valence-electron chi connectivity index (χ3n) is 3.27. The van der Waals surface area contributed by atoms with Gasteiger partial charge in [0.2, 0.25) is 5.91 Å². The molecule has 20 heavy (non-hydrogen) atoms. The summed E-state index contributed by atoms with van der Waals surface area (Å²) in [6.45, 7) is 9.09. The van der Waals surface area contributed by atoms with E-state index in [9.17, 15) is 4.79 Å². The van der Waals surface area contributed by atoms with Crippen LogP contribution >= 0.6 is 0 Å². The van der Waals surface area contributed by atoms with Crippen molar-refractivity contribution in [3.05, 3.63) is 28.8 Å². The lowest BCUT2D eigenvalue weighted by atomic mass is 10.1. The monoisotopic (exact) mass is 278 g/mol. The van der Waals surface area contributed by atoms with E-state index in [1.807, 2.05) is 26.8 Å². The Morgan fingerprint density at radius 1 is 1.35 bits per heavy atom. The molecule has 0 spiro atoms. The van der Waals surface area contributed by atoms with Gasteiger partial charge in [0.1, 0.15) is 5.75 Å². The van der Waals surface area contributed by atoms with E-state index in [0.717, 1.165) is 17.7 Å². The number of nitrogens with one attached hydrogen (secondary N) is 1. The van der Waals surface area contributed by atoms with E-state index in [4.69, 9.17) is 10.5 Å². The number of benzene rings is 1. The predicted molar refractivity (Wildman–Crippen MR) is 82.0 cm³/mol.